The van der Waals surface area contributed by atoms with Gasteiger partial charge in [-0.1, -0.05) is 13.8 Å². The molecule has 14 heavy (non-hydrogen) atoms. The molecule has 3 nitrogen and oxygen atoms in total. The Morgan fingerprint density at radius 3 is 2.43 bits per heavy atom. The zero-order valence-electron chi connectivity index (χ0n) is 9.24. The number of rotatable bonds is 3. The fraction of sp³-hybridized carbons (Fsp3) is 0.909. The molecular weight excluding hydrogens is 174 g/mol. The van der Waals surface area contributed by atoms with Crippen LogP contribution in [0, 0.1) is 23.2 Å². The quantitative estimate of drug-likeness (QED) is 0.736. The van der Waals surface area contributed by atoms with E-state index in [0.717, 1.165) is 31.5 Å². The Kier molecular flexibility index (Phi) is 4.37. The summed E-state index contributed by atoms with van der Waals surface area (Å²) >= 11 is 0. The molecule has 1 aliphatic heterocycles. The standard InChI is InChI=1S/C11H21N3/c1-9(2)10-3-5-14(6-4-10)8-11(13)7-12/h9-11H,3-6,8,13H2,1-2H3. The van der Waals surface area contributed by atoms with E-state index in [2.05, 4.69) is 24.8 Å². The van der Waals surface area contributed by atoms with Crippen LogP contribution in [0.2, 0.25) is 0 Å². The molecule has 1 unspecified atom stereocenters. The molecule has 0 aromatic carbocycles. The Balaban J connectivity index is 2.26. The normalized spacial score (nSPS) is 22.2. The largest absolute Gasteiger partial charge is 0.315 e. The molecule has 1 heterocycles. The van der Waals surface area contributed by atoms with Crippen molar-refractivity contribution in [2.75, 3.05) is 19.6 Å². The van der Waals surface area contributed by atoms with Gasteiger partial charge in [0.05, 0.1) is 6.07 Å². The summed E-state index contributed by atoms with van der Waals surface area (Å²) in [6.07, 6.45) is 2.52. The summed E-state index contributed by atoms with van der Waals surface area (Å²) in [5, 5.41) is 8.60. The molecule has 0 amide bonds. The highest BCUT2D eigenvalue weighted by molar-refractivity contribution is 4.90. The predicted molar refractivity (Wildman–Crippen MR) is 57.6 cm³/mol. The highest BCUT2D eigenvalue weighted by Gasteiger charge is 2.22. The van der Waals surface area contributed by atoms with Crippen LogP contribution in [0.5, 0.6) is 0 Å². The van der Waals surface area contributed by atoms with Crippen LogP contribution in [0.25, 0.3) is 0 Å². The number of nitrogens with zero attached hydrogens (tertiary/aromatic N) is 2. The van der Waals surface area contributed by atoms with E-state index in [1.54, 1.807) is 0 Å². The van der Waals surface area contributed by atoms with Crippen molar-refractivity contribution in [1.29, 1.82) is 5.26 Å². The highest BCUT2D eigenvalue weighted by atomic mass is 15.1. The van der Waals surface area contributed by atoms with E-state index in [4.69, 9.17) is 11.0 Å². The minimum absolute atomic E-state index is 0.314. The van der Waals surface area contributed by atoms with Crippen LogP contribution in [0.15, 0.2) is 0 Å². The number of nitriles is 1. The van der Waals surface area contributed by atoms with Gasteiger partial charge in [0.15, 0.2) is 0 Å². The Hall–Kier alpha value is -0.590. The molecule has 1 fully saturated rings. The van der Waals surface area contributed by atoms with Gasteiger partial charge in [0, 0.05) is 6.54 Å². The summed E-state index contributed by atoms with van der Waals surface area (Å²) in [6.45, 7) is 7.54. The number of likely N-dealkylation sites (tertiary alicyclic amines) is 1. The Morgan fingerprint density at radius 1 is 1.43 bits per heavy atom. The van der Waals surface area contributed by atoms with Crippen molar-refractivity contribution in [1.82, 2.24) is 4.90 Å². The Labute approximate surface area is 86.9 Å². The van der Waals surface area contributed by atoms with E-state index < -0.39 is 0 Å². The maximum absolute atomic E-state index is 8.60. The molecule has 3 heteroatoms. The highest BCUT2D eigenvalue weighted by Crippen LogP contribution is 2.24. The van der Waals surface area contributed by atoms with Gasteiger partial charge in [-0.2, -0.15) is 5.26 Å². The fourth-order valence-corrected chi connectivity index (χ4v) is 2.12. The lowest BCUT2D eigenvalue weighted by Gasteiger charge is -2.34. The van der Waals surface area contributed by atoms with Crippen LogP contribution in [0.3, 0.4) is 0 Å². The van der Waals surface area contributed by atoms with Crippen molar-refractivity contribution < 1.29 is 0 Å². The number of nitrogens with two attached hydrogens (primary N) is 1. The molecule has 0 aromatic rings. The first-order valence-corrected chi connectivity index (χ1v) is 5.51. The van der Waals surface area contributed by atoms with Crippen molar-refractivity contribution >= 4 is 0 Å². The first-order valence-electron chi connectivity index (χ1n) is 5.51. The molecule has 0 aliphatic carbocycles. The molecule has 0 radical (unpaired) electrons. The van der Waals surface area contributed by atoms with Crippen molar-refractivity contribution in [2.45, 2.75) is 32.7 Å². The fourth-order valence-electron chi connectivity index (χ4n) is 2.12. The van der Waals surface area contributed by atoms with Gasteiger partial charge < -0.3 is 10.6 Å². The third kappa shape index (κ3) is 3.28. The predicted octanol–water partition coefficient (Wildman–Crippen LogP) is 1.21. The minimum Gasteiger partial charge on any atom is -0.315 e. The van der Waals surface area contributed by atoms with Crippen molar-refractivity contribution in [2.24, 2.45) is 17.6 Å². The second-order valence-corrected chi connectivity index (χ2v) is 4.62. The van der Waals surface area contributed by atoms with Crippen molar-refractivity contribution in [3.05, 3.63) is 0 Å². The maximum Gasteiger partial charge on any atom is 0.106 e. The maximum atomic E-state index is 8.60. The second-order valence-electron chi connectivity index (χ2n) is 4.62. The summed E-state index contributed by atoms with van der Waals surface area (Å²) in [5.41, 5.74) is 5.60. The van der Waals surface area contributed by atoms with E-state index in [-0.39, 0.29) is 6.04 Å². The third-order valence-corrected chi connectivity index (χ3v) is 3.20. The summed E-state index contributed by atoms with van der Waals surface area (Å²) in [7, 11) is 0. The molecule has 1 atom stereocenters. The lowest BCUT2D eigenvalue weighted by atomic mass is 9.86. The molecular formula is C11H21N3. The van der Waals surface area contributed by atoms with Gasteiger partial charge in [0.25, 0.3) is 0 Å². The molecule has 1 saturated heterocycles. The molecule has 0 saturated carbocycles. The second kappa shape index (κ2) is 5.33. The molecule has 0 spiro atoms. The molecule has 1 aliphatic rings. The van der Waals surface area contributed by atoms with E-state index in [9.17, 15) is 0 Å². The van der Waals surface area contributed by atoms with Crippen LogP contribution in [-0.4, -0.2) is 30.6 Å². The number of piperidine rings is 1. The smallest absolute Gasteiger partial charge is 0.106 e. The zero-order valence-corrected chi connectivity index (χ0v) is 9.24. The first-order chi connectivity index (χ1) is 6.63. The lowest BCUT2D eigenvalue weighted by Crippen LogP contribution is -2.42. The van der Waals surface area contributed by atoms with Gasteiger partial charge in [0.1, 0.15) is 6.04 Å². The molecule has 80 valence electrons. The van der Waals surface area contributed by atoms with Crippen molar-refractivity contribution in [3.63, 3.8) is 0 Å². The van der Waals surface area contributed by atoms with E-state index in [1.165, 1.54) is 12.8 Å². The van der Waals surface area contributed by atoms with E-state index in [0.29, 0.717) is 0 Å². The summed E-state index contributed by atoms with van der Waals surface area (Å²) in [6, 6.07) is 1.77. The van der Waals surface area contributed by atoms with E-state index >= 15 is 0 Å². The van der Waals surface area contributed by atoms with Crippen LogP contribution in [0.4, 0.5) is 0 Å². The number of hydrogen-bond acceptors (Lipinski definition) is 3. The summed E-state index contributed by atoms with van der Waals surface area (Å²) in [5.74, 6) is 1.66. The van der Waals surface area contributed by atoms with Gasteiger partial charge >= 0.3 is 0 Å². The third-order valence-electron chi connectivity index (χ3n) is 3.20. The minimum atomic E-state index is -0.314. The monoisotopic (exact) mass is 195 g/mol. The molecule has 1 rings (SSSR count). The number of hydrogen-bond donors (Lipinski definition) is 1. The average Bonchev–Trinajstić information content (AvgIpc) is 2.18. The van der Waals surface area contributed by atoms with Crippen molar-refractivity contribution in [3.8, 4) is 6.07 Å². The molecule has 2 N–H and O–H groups in total. The van der Waals surface area contributed by atoms with Gasteiger partial charge in [-0.3, -0.25) is 0 Å². The van der Waals surface area contributed by atoms with E-state index in [1.807, 2.05) is 0 Å². The summed E-state index contributed by atoms with van der Waals surface area (Å²) < 4.78 is 0. The van der Waals surface area contributed by atoms with Gasteiger partial charge in [-0.15, -0.1) is 0 Å². The average molecular weight is 195 g/mol. The van der Waals surface area contributed by atoms with Gasteiger partial charge in [-0.25, -0.2) is 0 Å². The Morgan fingerprint density at radius 2 is 2.00 bits per heavy atom. The van der Waals surface area contributed by atoms with Crippen LogP contribution in [-0.2, 0) is 0 Å². The van der Waals surface area contributed by atoms with Crippen LogP contribution in [0.1, 0.15) is 26.7 Å². The summed E-state index contributed by atoms with van der Waals surface area (Å²) in [4.78, 5) is 2.31. The molecule has 0 aromatic heterocycles. The van der Waals surface area contributed by atoms with Crippen LogP contribution >= 0.6 is 0 Å². The van der Waals surface area contributed by atoms with Crippen LogP contribution < -0.4 is 5.73 Å². The van der Waals surface area contributed by atoms with Gasteiger partial charge in [-0.05, 0) is 37.8 Å². The zero-order chi connectivity index (χ0) is 10.6. The molecule has 0 bridgehead atoms. The SMILES string of the molecule is CC(C)C1CCN(CC(N)C#N)CC1. The lowest BCUT2D eigenvalue weighted by molar-refractivity contribution is 0.156. The Bertz CT molecular complexity index is 199. The van der Waals surface area contributed by atoms with Gasteiger partial charge in [0.2, 0.25) is 0 Å². The first kappa shape index (κ1) is 11.5. The topological polar surface area (TPSA) is 53.0 Å².